The second-order valence-electron chi connectivity index (χ2n) is 7.54. The van der Waals surface area contributed by atoms with Crippen LogP contribution in [0.15, 0.2) is 56.0 Å². The average molecular weight is 460 g/mol. The molecular weight excluding hydrogens is 441 g/mol. The number of nitrogens with zero attached hydrogens (tertiary/aromatic N) is 2. The van der Waals surface area contributed by atoms with Gasteiger partial charge in [0.2, 0.25) is 0 Å². The molecule has 2 aromatic carbocycles. The molecule has 0 aliphatic heterocycles. The van der Waals surface area contributed by atoms with E-state index in [1.54, 1.807) is 5.38 Å². The third-order valence-electron chi connectivity index (χ3n) is 5.51. The van der Waals surface area contributed by atoms with Crippen molar-refractivity contribution >= 4 is 37.6 Å². The topological polar surface area (TPSA) is 94.2 Å². The van der Waals surface area contributed by atoms with E-state index in [9.17, 15) is 17.6 Å². The molecule has 31 heavy (non-hydrogen) atoms. The Morgan fingerprint density at radius 2 is 2.13 bits per heavy atom. The van der Waals surface area contributed by atoms with E-state index < -0.39 is 26.5 Å². The lowest BCUT2D eigenvalue weighted by atomic mass is 9.86. The van der Waals surface area contributed by atoms with Gasteiger partial charge in [0.15, 0.2) is 10.7 Å². The van der Waals surface area contributed by atoms with Gasteiger partial charge < -0.3 is 4.42 Å². The van der Waals surface area contributed by atoms with Gasteiger partial charge in [-0.2, -0.15) is 0 Å². The first kappa shape index (κ1) is 20.0. The molecule has 2 heterocycles. The molecular formula is C21H18FN3O4S2. The van der Waals surface area contributed by atoms with Gasteiger partial charge in [0.1, 0.15) is 10.7 Å². The maximum atomic E-state index is 15.0. The van der Waals surface area contributed by atoms with Crippen molar-refractivity contribution in [1.82, 2.24) is 9.55 Å². The smallest absolute Gasteiger partial charge is 0.408 e. The number of nitrogens with one attached hydrogen (secondary N) is 1. The summed E-state index contributed by atoms with van der Waals surface area (Å²) < 4.78 is 49.3. The van der Waals surface area contributed by atoms with Gasteiger partial charge in [0, 0.05) is 23.7 Å². The maximum Gasteiger partial charge on any atom is 0.420 e. The fraction of sp³-hybridized carbons (Fsp3) is 0.238. The summed E-state index contributed by atoms with van der Waals surface area (Å²) in [6, 6.07) is 7.94. The highest BCUT2D eigenvalue weighted by molar-refractivity contribution is 7.93. The van der Waals surface area contributed by atoms with Crippen LogP contribution < -0.4 is 10.5 Å². The molecule has 7 nitrogen and oxygen atoms in total. The number of thiazole rings is 1. The predicted octanol–water partition coefficient (Wildman–Crippen LogP) is 4.23. The molecule has 0 spiro atoms. The number of aromatic nitrogens is 2. The molecule has 1 atom stereocenters. The van der Waals surface area contributed by atoms with Crippen LogP contribution in [0.25, 0.3) is 11.1 Å². The summed E-state index contributed by atoms with van der Waals surface area (Å²) >= 11 is 1.07. The Labute approximate surface area is 181 Å². The average Bonchev–Trinajstić information content (AvgIpc) is 3.33. The first-order valence-electron chi connectivity index (χ1n) is 9.70. The van der Waals surface area contributed by atoms with Gasteiger partial charge in [-0.15, -0.1) is 11.3 Å². The minimum absolute atomic E-state index is 0.0192. The molecule has 160 valence electrons. The number of anilines is 1. The molecule has 0 amide bonds. The van der Waals surface area contributed by atoms with Crippen LogP contribution in [0.4, 0.5) is 9.52 Å². The Morgan fingerprint density at radius 1 is 1.29 bits per heavy atom. The molecule has 0 fully saturated rings. The van der Waals surface area contributed by atoms with Crippen LogP contribution in [0.1, 0.15) is 35.6 Å². The highest BCUT2D eigenvalue weighted by Gasteiger charge is 2.28. The fourth-order valence-corrected chi connectivity index (χ4v) is 6.01. The molecule has 4 aromatic rings. The Hall–Kier alpha value is -2.98. The van der Waals surface area contributed by atoms with Gasteiger partial charge in [-0.1, -0.05) is 23.8 Å². The van der Waals surface area contributed by atoms with E-state index in [-0.39, 0.29) is 22.3 Å². The number of halogens is 1. The summed E-state index contributed by atoms with van der Waals surface area (Å²) in [5.74, 6) is -1.61. The van der Waals surface area contributed by atoms with Crippen molar-refractivity contribution in [3.63, 3.8) is 0 Å². The minimum atomic E-state index is -4.24. The second-order valence-corrected chi connectivity index (χ2v) is 10.1. The third kappa shape index (κ3) is 3.45. The molecule has 1 aliphatic carbocycles. The normalized spacial score (nSPS) is 16.4. The molecule has 0 radical (unpaired) electrons. The van der Waals surface area contributed by atoms with E-state index in [0.717, 1.165) is 53.0 Å². The monoisotopic (exact) mass is 459 g/mol. The second kappa shape index (κ2) is 7.31. The third-order valence-corrected chi connectivity index (χ3v) is 7.68. The first-order chi connectivity index (χ1) is 14.8. The van der Waals surface area contributed by atoms with Crippen LogP contribution in [0, 0.1) is 12.7 Å². The van der Waals surface area contributed by atoms with Crippen molar-refractivity contribution in [1.29, 1.82) is 0 Å². The van der Waals surface area contributed by atoms with Gasteiger partial charge in [-0.05, 0) is 37.3 Å². The van der Waals surface area contributed by atoms with E-state index >= 15 is 0 Å². The highest BCUT2D eigenvalue weighted by atomic mass is 32.2. The summed E-state index contributed by atoms with van der Waals surface area (Å²) in [4.78, 5) is 16.0. The lowest BCUT2D eigenvalue weighted by Gasteiger charge is -2.26. The first-order valence-corrected chi connectivity index (χ1v) is 12.1. The Bertz CT molecular complexity index is 1460. The van der Waals surface area contributed by atoms with Crippen LogP contribution in [0.5, 0.6) is 0 Å². The molecule has 0 saturated carbocycles. The molecule has 10 heteroatoms. The molecule has 2 aromatic heterocycles. The highest BCUT2D eigenvalue weighted by Crippen LogP contribution is 2.35. The number of hydrogen-bond acceptors (Lipinski definition) is 6. The van der Waals surface area contributed by atoms with Crippen LogP contribution in [-0.2, 0) is 16.4 Å². The Kier molecular flexibility index (Phi) is 4.71. The molecule has 1 aliphatic rings. The summed E-state index contributed by atoms with van der Waals surface area (Å²) in [7, 11) is -4.24. The van der Waals surface area contributed by atoms with Crippen molar-refractivity contribution in [3.8, 4) is 0 Å². The summed E-state index contributed by atoms with van der Waals surface area (Å²) in [5, 5.41) is 1.72. The maximum absolute atomic E-state index is 15.0. The van der Waals surface area contributed by atoms with Crippen LogP contribution in [0.2, 0.25) is 0 Å². The minimum Gasteiger partial charge on any atom is -0.408 e. The molecule has 5 rings (SSSR count). The quantitative estimate of drug-likeness (QED) is 0.493. The molecule has 0 bridgehead atoms. The van der Waals surface area contributed by atoms with E-state index in [1.807, 2.05) is 19.1 Å². The van der Waals surface area contributed by atoms with Gasteiger partial charge >= 0.3 is 5.76 Å². The zero-order chi connectivity index (χ0) is 21.8. The van der Waals surface area contributed by atoms with E-state index in [2.05, 4.69) is 15.8 Å². The van der Waals surface area contributed by atoms with Crippen LogP contribution in [-0.4, -0.2) is 18.0 Å². The van der Waals surface area contributed by atoms with Gasteiger partial charge in [-0.3, -0.25) is 9.29 Å². The lowest BCUT2D eigenvalue weighted by molar-refractivity contribution is 0.437. The number of rotatable bonds is 4. The number of fused-ring (bicyclic) bond motifs is 2. The van der Waals surface area contributed by atoms with Crippen LogP contribution in [0.3, 0.4) is 0 Å². The van der Waals surface area contributed by atoms with E-state index in [4.69, 9.17) is 4.42 Å². The van der Waals surface area contributed by atoms with Gasteiger partial charge in [0.25, 0.3) is 10.0 Å². The largest absolute Gasteiger partial charge is 0.420 e. The number of aryl methyl sites for hydroxylation is 2. The van der Waals surface area contributed by atoms with Crippen molar-refractivity contribution < 1.29 is 17.2 Å². The van der Waals surface area contributed by atoms with E-state index in [1.165, 1.54) is 10.8 Å². The predicted molar refractivity (Wildman–Crippen MR) is 116 cm³/mol. The molecule has 1 unspecified atom stereocenters. The van der Waals surface area contributed by atoms with Gasteiger partial charge in [-0.25, -0.2) is 22.6 Å². The van der Waals surface area contributed by atoms with Gasteiger partial charge in [0.05, 0.1) is 11.6 Å². The zero-order valence-corrected chi connectivity index (χ0v) is 18.1. The summed E-state index contributed by atoms with van der Waals surface area (Å²) in [6.07, 6.45) is 3.94. The number of sulfonamides is 1. The molecule has 0 saturated heterocycles. The Balaban J connectivity index is 1.64. The van der Waals surface area contributed by atoms with Crippen molar-refractivity contribution in [2.45, 2.75) is 37.1 Å². The van der Waals surface area contributed by atoms with Crippen molar-refractivity contribution in [2.75, 3.05) is 4.72 Å². The fourth-order valence-electron chi connectivity index (χ4n) is 4.14. The SMILES string of the molecule is Cc1ccc2c(c1)C(n1c(=O)oc3cc(S(=O)(=O)Nc4nccs4)c(F)cc31)CCC2. The number of hydrogen-bond donors (Lipinski definition) is 1. The van der Waals surface area contributed by atoms with E-state index in [0.29, 0.717) is 6.42 Å². The molecule has 1 N–H and O–H groups in total. The summed E-state index contributed by atoms with van der Waals surface area (Å²) in [5.41, 5.74) is 3.48. The van der Waals surface area contributed by atoms with Crippen LogP contribution >= 0.6 is 11.3 Å². The number of benzene rings is 2. The number of oxazole rings is 1. The standard InChI is InChI=1S/C21H18FN3O4S2/c1-12-5-6-13-3-2-4-16(14(13)9-12)25-17-10-15(22)19(11-18(17)29-21(25)26)31(27,28)24-20-23-7-8-30-20/h5-11,16H,2-4H2,1H3,(H,23,24). The lowest BCUT2D eigenvalue weighted by Crippen LogP contribution is -2.25. The van der Waals surface area contributed by atoms with Crippen molar-refractivity contribution in [2.24, 2.45) is 0 Å². The Morgan fingerprint density at radius 3 is 2.90 bits per heavy atom. The zero-order valence-electron chi connectivity index (χ0n) is 16.5. The summed E-state index contributed by atoms with van der Waals surface area (Å²) in [6.45, 7) is 1.98. The van der Waals surface area contributed by atoms with Crippen molar-refractivity contribution in [3.05, 3.63) is 75.0 Å².